The van der Waals surface area contributed by atoms with E-state index in [1.54, 1.807) is 12.1 Å². The Labute approximate surface area is 99.8 Å². The summed E-state index contributed by atoms with van der Waals surface area (Å²) in [5, 5.41) is 0. The van der Waals surface area contributed by atoms with Gasteiger partial charge in [0.2, 0.25) is 0 Å². The molecule has 1 atom stereocenters. The minimum atomic E-state index is -4.22. The third-order valence-electron chi connectivity index (χ3n) is 2.66. The van der Waals surface area contributed by atoms with Gasteiger partial charge in [0.05, 0.1) is 6.42 Å². The molecular weight excluding hydrogens is 227 g/mol. The van der Waals surface area contributed by atoms with Gasteiger partial charge in [-0.3, -0.25) is 0 Å². The van der Waals surface area contributed by atoms with Crippen molar-refractivity contribution in [3.8, 4) is 0 Å². The second-order valence-corrected chi connectivity index (χ2v) is 5.30. The fourth-order valence-corrected chi connectivity index (χ4v) is 1.60. The molecule has 4 heteroatoms. The first kappa shape index (κ1) is 14.0. The molecule has 0 aliphatic rings. The van der Waals surface area contributed by atoms with Gasteiger partial charge in [0.1, 0.15) is 0 Å². The van der Waals surface area contributed by atoms with E-state index in [1.165, 1.54) is 0 Å². The van der Waals surface area contributed by atoms with Crippen LogP contribution in [0.1, 0.15) is 44.4 Å². The Hall–Kier alpha value is -1.03. The Bertz CT molecular complexity index is 360. The lowest BCUT2D eigenvalue weighted by Gasteiger charge is -2.20. The average molecular weight is 245 g/mol. The van der Waals surface area contributed by atoms with E-state index in [0.717, 1.165) is 5.56 Å². The summed E-state index contributed by atoms with van der Waals surface area (Å²) in [4.78, 5) is 0. The highest BCUT2D eigenvalue weighted by molar-refractivity contribution is 5.29. The molecule has 0 fully saturated rings. The van der Waals surface area contributed by atoms with E-state index < -0.39 is 18.6 Å². The first-order valence-corrected chi connectivity index (χ1v) is 5.52. The molecule has 1 aromatic carbocycles. The van der Waals surface area contributed by atoms with Crippen molar-refractivity contribution < 1.29 is 13.2 Å². The fraction of sp³-hybridized carbons (Fsp3) is 0.538. The van der Waals surface area contributed by atoms with Crippen LogP contribution in [0.4, 0.5) is 13.2 Å². The van der Waals surface area contributed by atoms with Gasteiger partial charge in [0.25, 0.3) is 0 Å². The number of nitrogens with two attached hydrogens (primary N) is 1. The minimum absolute atomic E-state index is 0.00729. The monoisotopic (exact) mass is 245 g/mol. The molecule has 0 radical (unpaired) electrons. The van der Waals surface area contributed by atoms with Crippen LogP contribution in [-0.4, -0.2) is 6.18 Å². The highest BCUT2D eigenvalue weighted by Gasteiger charge is 2.30. The van der Waals surface area contributed by atoms with E-state index in [1.807, 2.05) is 12.1 Å². The summed E-state index contributed by atoms with van der Waals surface area (Å²) >= 11 is 0. The van der Waals surface area contributed by atoms with Gasteiger partial charge in [-0.05, 0) is 16.5 Å². The second-order valence-electron chi connectivity index (χ2n) is 5.30. The van der Waals surface area contributed by atoms with Gasteiger partial charge in [-0.2, -0.15) is 13.2 Å². The van der Waals surface area contributed by atoms with Crippen molar-refractivity contribution in [2.75, 3.05) is 0 Å². The van der Waals surface area contributed by atoms with Crippen molar-refractivity contribution >= 4 is 0 Å². The predicted octanol–water partition coefficient (Wildman–Crippen LogP) is 3.94. The highest BCUT2D eigenvalue weighted by atomic mass is 19.4. The minimum Gasteiger partial charge on any atom is -0.324 e. The standard InChI is InChI=1S/C13H18F3N/c1-12(2,3)10-6-4-9(5-7-10)11(17)8-13(14,15)16/h4-7,11H,8,17H2,1-3H3/t11-/m1/s1. The molecule has 1 rings (SSSR count). The Morgan fingerprint density at radius 3 is 1.88 bits per heavy atom. The molecule has 1 aromatic rings. The Morgan fingerprint density at radius 2 is 1.53 bits per heavy atom. The molecule has 0 aliphatic heterocycles. The third-order valence-corrected chi connectivity index (χ3v) is 2.66. The van der Waals surface area contributed by atoms with Gasteiger partial charge in [0, 0.05) is 6.04 Å². The van der Waals surface area contributed by atoms with Crippen LogP contribution in [-0.2, 0) is 5.41 Å². The molecule has 0 bridgehead atoms. The van der Waals surface area contributed by atoms with Crippen molar-refractivity contribution in [1.82, 2.24) is 0 Å². The zero-order chi connectivity index (χ0) is 13.3. The van der Waals surface area contributed by atoms with E-state index in [0.29, 0.717) is 5.56 Å². The zero-order valence-electron chi connectivity index (χ0n) is 10.3. The van der Waals surface area contributed by atoms with Crippen molar-refractivity contribution in [2.24, 2.45) is 5.73 Å². The Morgan fingerprint density at radius 1 is 1.06 bits per heavy atom. The summed E-state index contributed by atoms with van der Waals surface area (Å²) in [6, 6.07) is 6.05. The third kappa shape index (κ3) is 4.38. The topological polar surface area (TPSA) is 26.0 Å². The van der Waals surface area contributed by atoms with Crippen LogP contribution in [0.3, 0.4) is 0 Å². The van der Waals surface area contributed by atoms with Crippen LogP contribution in [0.5, 0.6) is 0 Å². The van der Waals surface area contributed by atoms with Gasteiger partial charge in [-0.15, -0.1) is 0 Å². The first-order valence-electron chi connectivity index (χ1n) is 5.52. The van der Waals surface area contributed by atoms with E-state index in [2.05, 4.69) is 20.8 Å². The summed E-state index contributed by atoms with van der Waals surface area (Å²) in [6.07, 6.45) is -5.20. The summed E-state index contributed by atoms with van der Waals surface area (Å²) in [6.45, 7) is 6.16. The fourth-order valence-electron chi connectivity index (χ4n) is 1.60. The van der Waals surface area contributed by atoms with Crippen molar-refractivity contribution in [3.05, 3.63) is 35.4 Å². The summed E-state index contributed by atoms with van der Waals surface area (Å²) in [5.74, 6) is 0. The molecule has 1 nitrogen and oxygen atoms in total. The second kappa shape index (κ2) is 4.69. The molecule has 0 aliphatic carbocycles. The molecule has 17 heavy (non-hydrogen) atoms. The molecule has 0 saturated heterocycles. The van der Waals surface area contributed by atoms with E-state index >= 15 is 0 Å². The van der Waals surface area contributed by atoms with Gasteiger partial charge >= 0.3 is 6.18 Å². The van der Waals surface area contributed by atoms with Crippen LogP contribution in [0.2, 0.25) is 0 Å². The zero-order valence-corrected chi connectivity index (χ0v) is 10.3. The smallest absolute Gasteiger partial charge is 0.324 e. The molecule has 0 amide bonds. The lowest BCUT2D eigenvalue weighted by molar-refractivity contribution is -0.138. The Balaban J connectivity index is 2.81. The van der Waals surface area contributed by atoms with Crippen molar-refractivity contribution in [3.63, 3.8) is 0 Å². The van der Waals surface area contributed by atoms with Crippen LogP contribution >= 0.6 is 0 Å². The first-order chi connectivity index (χ1) is 7.59. The summed E-state index contributed by atoms with van der Waals surface area (Å²) in [5.41, 5.74) is 7.12. The van der Waals surface area contributed by atoms with E-state index in [4.69, 9.17) is 5.73 Å². The molecular formula is C13H18F3N. The van der Waals surface area contributed by atoms with Crippen LogP contribution in [0.25, 0.3) is 0 Å². The molecule has 0 spiro atoms. The lowest BCUT2D eigenvalue weighted by atomic mass is 9.86. The van der Waals surface area contributed by atoms with Crippen LogP contribution in [0.15, 0.2) is 24.3 Å². The Kier molecular flexibility index (Phi) is 3.87. The number of hydrogen-bond donors (Lipinski definition) is 1. The van der Waals surface area contributed by atoms with Crippen LogP contribution in [0, 0.1) is 0 Å². The molecule has 96 valence electrons. The molecule has 2 N–H and O–H groups in total. The molecule has 0 heterocycles. The number of alkyl halides is 3. The predicted molar refractivity (Wildman–Crippen MR) is 62.7 cm³/mol. The SMILES string of the molecule is CC(C)(C)c1ccc([C@H](N)CC(F)(F)F)cc1. The number of hydrogen-bond acceptors (Lipinski definition) is 1. The average Bonchev–Trinajstić information content (AvgIpc) is 2.14. The largest absolute Gasteiger partial charge is 0.390 e. The van der Waals surface area contributed by atoms with Gasteiger partial charge in [0.15, 0.2) is 0 Å². The maximum Gasteiger partial charge on any atom is 0.390 e. The quantitative estimate of drug-likeness (QED) is 0.839. The molecule has 0 unspecified atom stereocenters. The van der Waals surface area contributed by atoms with Crippen LogP contribution < -0.4 is 5.73 Å². The summed E-state index contributed by atoms with van der Waals surface area (Å²) in [7, 11) is 0. The maximum absolute atomic E-state index is 12.2. The maximum atomic E-state index is 12.2. The van der Waals surface area contributed by atoms with Crippen molar-refractivity contribution in [2.45, 2.75) is 44.8 Å². The number of benzene rings is 1. The normalized spacial score (nSPS) is 14.8. The van der Waals surface area contributed by atoms with E-state index in [-0.39, 0.29) is 5.41 Å². The van der Waals surface area contributed by atoms with Gasteiger partial charge in [-0.1, -0.05) is 45.0 Å². The van der Waals surface area contributed by atoms with Gasteiger partial charge < -0.3 is 5.73 Å². The number of halogens is 3. The van der Waals surface area contributed by atoms with Crippen molar-refractivity contribution in [1.29, 1.82) is 0 Å². The molecule has 0 aromatic heterocycles. The lowest BCUT2D eigenvalue weighted by Crippen LogP contribution is -2.20. The highest BCUT2D eigenvalue weighted by Crippen LogP contribution is 2.29. The molecule has 0 saturated carbocycles. The van der Waals surface area contributed by atoms with Gasteiger partial charge in [-0.25, -0.2) is 0 Å². The van der Waals surface area contributed by atoms with E-state index in [9.17, 15) is 13.2 Å². The summed E-state index contributed by atoms with van der Waals surface area (Å²) < 4.78 is 36.5. The number of rotatable bonds is 2.